The first-order valence-corrected chi connectivity index (χ1v) is 23.9. The molecule has 4 aromatic heterocycles. The molecule has 8 rings (SSSR count). The summed E-state index contributed by atoms with van der Waals surface area (Å²) >= 11 is 0. The molecular weight excluding hydrogens is 922 g/mol. The highest BCUT2D eigenvalue weighted by Crippen LogP contribution is 2.41. The summed E-state index contributed by atoms with van der Waals surface area (Å²) in [5, 5.41) is 16.6. The van der Waals surface area contributed by atoms with Gasteiger partial charge in [0.25, 0.3) is 11.8 Å². The Kier molecular flexibility index (Phi) is 15.5. The molecule has 1 saturated heterocycles. The van der Waals surface area contributed by atoms with Crippen LogP contribution in [0.1, 0.15) is 70.2 Å². The number of nitrogens with zero attached hydrogens (tertiary/aromatic N) is 11. The summed E-state index contributed by atoms with van der Waals surface area (Å²) in [5.74, 6) is 2.22. The first-order valence-electron chi connectivity index (χ1n) is 23.9. The van der Waals surface area contributed by atoms with E-state index in [1.807, 2.05) is 6.92 Å². The number of halogens is 1. The fourth-order valence-corrected chi connectivity index (χ4v) is 8.95. The van der Waals surface area contributed by atoms with Crippen LogP contribution in [0, 0.1) is 0 Å². The highest BCUT2D eigenvalue weighted by molar-refractivity contribution is 6.04. The van der Waals surface area contributed by atoms with Gasteiger partial charge in [-0.25, -0.2) is 19.2 Å². The Bertz CT molecular complexity index is 2690. The lowest BCUT2D eigenvalue weighted by Gasteiger charge is -2.43. The Labute approximate surface area is 411 Å². The van der Waals surface area contributed by atoms with E-state index in [4.69, 9.17) is 33.7 Å². The van der Waals surface area contributed by atoms with Crippen LogP contribution in [0.25, 0.3) is 11.2 Å². The molecule has 1 aromatic carbocycles. The van der Waals surface area contributed by atoms with Gasteiger partial charge in [-0.1, -0.05) is 19.8 Å². The molecular formula is C47H64FN15O8. The molecule has 2 aliphatic heterocycles. The number of aromatic nitrogens is 8. The number of amides is 3. The second-order valence-electron chi connectivity index (χ2n) is 18.6. The SMILES string of the molecule is CC[C@@H]1C(=O)N(C)c2cnc(Nc3ccc(C(=O)NCCOCCOCCn4cc(Nc5nc(N6C[C@@H](F)[C@H](NC(=O)OC(C)(C)C)C6)nc6c5ncn6C)c(OC)n4)cc3OC)nc2N1C1CCCC1. The first kappa shape index (κ1) is 50.3. The molecule has 0 bridgehead atoms. The van der Waals surface area contributed by atoms with Gasteiger partial charge in [0.2, 0.25) is 17.8 Å². The second-order valence-corrected chi connectivity index (χ2v) is 18.6. The molecule has 3 amide bonds. The van der Waals surface area contributed by atoms with Crippen molar-refractivity contribution in [1.29, 1.82) is 0 Å². The van der Waals surface area contributed by atoms with E-state index in [9.17, 15) is 14.4 Å². The molecule has 3 atom stereocenters. The third-order valence-electron chi connectivity index (χ3n) is 12.4. The number of hydrogen-bond donors (Lipinski definition) is 4. The van der Waals surface area contributed by atoms with Gasteiger partial charge in [-0.2, -0.15) is 15.0 Å². The summed E-state index contributed by atoms with van der Waals surface area (Å²) in [5.41, 5.74) is 2.47. The molecule has 382 valence electrons. The van der Waals surface area contributed by atoms with Crippen LogP contribution in [0.4, 0.5) is 49.8 Å². The lowest BCUT2D eigenvalue weighted by Crippen LogP contribution is -2.55. The van der Waals surface area contributed by atoms with Gasteiger partial charge in [0.15, 0.2) is 22.8 Å². The number of rotatable bonds is 20. The molecule has 2 fully saturated rings. The number of alkyl carbamates (subject to hydrolysis) is 1. The molecule has 1 saturated carbocycles. The van der Waals surface area contributed by atoms with Crippen molar-refractivity contribution in [3.05, 3.63) is 42.5 Å². The summed E-state index contributed by atoms with van der Waals surface area (Å²) in [4.78, 5) is 67.6. The van der Waals surface area contributed by atoms with Crippen molar-refractivity contribution in [3.8, 4) is 11.6 Å². The third kappa shape index (κ3) is 11.6. The summed E-state index contributed by atoms with van der Waals surface area (Å²) in [6.45, 7) is 9.26. The number of anilines is 7. The Hall–Kier alpha value is -7.08. The number of hydrogen-bond acceptors (Lipinski definition) is 18. The Morgan fingerprint density at radius 2 is 1.70 bits per heavy atom. The van der Waals surface area contributed by atoms with Crippen LogP contribution in [0.3, 0.4) is 0 Å². The molecule has 23 nitrogen and oxygen atoms in total. The van der Waals surface area contributed by atoms with Gasteiger partial charge in [-0.3, -0.25) is 14.3 Å². The van der Waals surface area contributed by atoms with Crippen molar-refractivity contribution in [2.45, 2.75) is 96.2 Å². The monoisotopic (exact) mass is 986 g/mol. The van der Waals surface area contributed by atoms with Crippen molar-refractivity contribution in [2.24, 2.45) is 7.05 Å². The highest BCUT2D eigenvalue weighted by Gasteiger charge is 2.41. The largest absolute Gasteiger partial charge is 0.495 e. The number of carbonyl (C=O) groups is 3. The Morgan fingerprint density at radius 3 is 2.44 bits per heavy atom. The van der Waals surface area contributed by atoms with Crippen LogP contribution in [-0.4, -0.2) is 154 Å². The lowest BCUT2D eigenvalue weighted by molar-refractivity contribution is -0.120. The molecule has 4 N–H and O–H groups in total. The van der Waals surface area contributed by atoms with E-state index < -0.39 is 23.9 Å². The zero-order valence-corrected chi connectivity index (χ0v) is 41.5. The predicted octanol–water partition coefficient (Wildman–Crippen LogP) is 4.87. The third-order valence-corrected chi connectivity index (χ3v) is 12.4. The molecule has 24 heteroatoms. The van der Waals surface area contributed by atoms with E-state index >= 15 is 4.39 Å². The highest BCUT2D eigenvalue weighted by atomic mass is 19.1. The van der Waals surface area contributed by atoms with Gasteiger partial charge in [-0.15, -0.1) is 5.10 Å². The molecule has 5 aromatic rings. The molecule has 71 heavy (non-hydrogen) atoms. The summed E-state index contributed by atoms with van der Waals surface area (Å²) in [6, 6.07) is 4.24. The van der Waals surface area contributed by atoms with Gasteiger partial charge in [-0.05, 0) is 58.2 Å². The smallest absolute Gasteiger partial charge is 0.408 e. The van der Waals surface area contributed by atoms with Crippen LogP contribution < -0.4 is 45.4 Å². The van der Waals surface area contributed by atoms with Gasteiger partial charge in [0.1, 0.15) is 34.9 Å². The second kappa shape index (κ2) is 21.9. The van der Waals surface area contributed by atoms with Crippen molar-refractivity contribution < 1.29 is 42.5 Å². The van der Waals surface area contributed by atoms with Crippen LogP contribution in [0.2, 0.25) is 0 Å². The van der Waals surface area contributed by atoms with Gasteiger partial charge >= 0.3 is 6.09 Å². The maximum absolute atomic E-state index is 15.2. The average Bonchev–Trinajstić information content (AvgIpc) is 4.17. The maximum Gasteiger partial charge on any atom is 0.408 e. The maximum atomic E-state index is 15.2. The number of fused-ring (bicyclic) bond motifs is 2. The average molecular weight is 986 g/mol. The lowest BCUT2D eigenvalue weighted by atomic mass is 10.0. The van der Waals surface area contributed by atoms with Crippen molar-refractivity contribution in [2.75, 3.05) is 92.7 Å². The molecule has 1 aliphatic carbocycles. The minimum absolute atomic E-state index is 0.0322. The number of nitrogens with one attached hydrogen (secondary N) is 4. The molecule has 3 aliphatic rings. The number of imidazole rings is 1. The van der Waals surface area contributed by atoms with E-state index in [0.29, 0.717) is 90.0 Å². The number of alkyl halides is 1. The van der Waals surface area contributed by atoms with Gasteiger partial charge in [0, 0.05) is 38.8 Å². The Balaban J connectivity index is 0.780. The number of benzene rings is 1. The minimum Gasteiger partial charge on any atom is -0.495 e. The standard InChI is InChI=1S/C47H64FN15O8/c1-9-34-43(65)60(6)35-23-50-44(56-39(35)63(34)29-12-10-11-13-29)53-31-15-14-28(22-36(31)67-7)41(64)49-16-18-69-20-21-70-19-17-62-26-33(42(58-62)68-8)52-38-37-40(59(5)27-51-37)57-45(55-38)61-24-30(48)32(25-61)54-46(66)71-47(2,3)4/h14-15,22-23,26-27,29-30,32,34H,9-13,16-21,24-25H2,1-8H3,(H,49,64)(H,54,66)(H,50,53,56)(H,52,55,57)/t30-,32-,34-/m1/s1. The fourth-order valence-electron chi connectivity index (χ4n) is 8.95. The zero-order valence-electron chi connectivity index (χ0n) is 41.5. The summed E-state index contributed by atoms with van der Waals surface area (Å²) in [7, 11) is 6.61. The number of aryl methyl sites for hydroxylation is 1. The van der Waals surface area contributed by atoms with Crippen LogP contribution >= 0.6 is 0 Å². The molecule has 0 unspecified atom stereocenters. The van der Waals surface area contributed by atoms with E-state index in [1.165, 1.54) is 14.2 Å². The molecule has 6 heterocycles. The fraction of sp³-hybridized carbons (Fsp3) is 0.553. The predicted molar refractivity (Wildman–Crippen MR) is 263 cm³/mol. The quantitative estimate of drug-likeness (QED) is 0.0760. The van der Waals surface area contributed by atoms with Crippen molar-refractivity contribution >= 4 is 69.7 Å². The van der Waals surface area contributed by atoms with Crippen molar-refractivity contribution in [1.82, 2.24) is 49.9 Å². The van der Waals surface area contributed by atoms with Crippen LogP contribution in [-0.2, 0) is 32.6 Å². The van der Waals surface area contributed by atoms with Crippen LogP contribution in [0.15, 0.2) is 36.9 Å². The molecule has 0 radical (unpaired) electrons. The summed E-state index contributed by atoms with van der Waals surface area (Å²) < 4.78 is 46.7. The van der Waals surface area contributed by atoms with E-state index in [1.54, 1.807) is 90.8 Å². The van der Waals surface area contributed by atoms with E-state index in [2.05, 4.69) is 46.2 Å². The van der Waals surface area contributed by atoms with E-state index in [-0.39, 0.29) is 56.1 Å². The Morgan fingerprint density at radius 1 is 0.930 bits per heavy atom. The molecule has 0 spiro atoms. The van der Waals surface area contributed by atoms with E-state index in [0.717, 1.165) is 31.5 Å². The van der Waals surface area contributed by atoms with Crippen LogP contribution in [0.5, 0.6) is 11.6 Å². The first-order chi connectivity index (χ1) is 34.1. The zero-order chi connectivity index (χ0) is 50.4. The summed E-state index contributed by atoms with van der Waals surface area (Å²) in [6.07, 6.45) is 7.94. The number of likely N-dealkylation sites (N-methyl/N-ethyl adjacent to an activating group) is 1. The minimum atomic E-state index is -1.37. The topological polar surface area (TPSA) is 242 Å². The van der Waals surface area contributed by atoms with Gasteiger partial charge < -0.3 is 64.2 Å². The van der Waals surface area contributed by atoms with Crippen molar-refractivity contribution in [3.63, 3.8) is 0 Å². The normalized spacial score (nSPS) is 18.2. The number of carbonyl (C=O) groups excluding carboxylic acids is 3. The van der Waals surface area contributed by atoms with Gasteiger partial charge in [0.05, 0.1) is 84.2 Å². The number of methoxy groups -OCH3 is 2. The number of ether oxygens (including phenoxy) is 5.